The van der Waals surface area contributed by atoms with Crippen LogP contribution in [0.1, 0.15) is 66.6 Å². The number of carbonyl (C=O) groups is 3. The molecule has 2 aliphatic rings. The minimum atomic E-state index is -0.437. The predicted molar refractivity (Wildman–Crippen MR) is 117 cm³/mol. The summed E-state index contributed by atoms with van der Waals surface area (Å²) in [7, 11) is 0. The van der Waals surface area contributed by atoms with E-state index < -0.39 is 5.92 Å². The van der Waals surface area contributed by atoms with Crippen LogP contribution in [0.4, 0.5) is 5.69 Å². The van der Waals surface area contributed by atoms with Crippen molar-refractivity contribution < 1.29 is 14.4 Å². The zero-order valence-electron chi connectivity index (χ0n) is 18.1. The fraction of sp³-hybridized carbons (Fsp3) is 0.478. The number of carbonyl (C=O) groups excluding carboxylic acids is 3. The molecule has 3 heterocycles. The van der Waals surface area contributed by atoms with Gasteiger partial charge in [0.25, 0.3) is 5.91 Å². The molecule has 8 heteroatoms. The van der Waals surface area contributed by atoms with Crippen molar-refractivity contribution >= 4 is 23.4 Å². The van der Waals surface area contributed by atoms with Gasteiger partial charge in [-0.05, 0) is 38.3 Å². The van der Waals surface area contributed by atoms with Gasteiger partial charge in [0.05, 0.1) is 23.4 Å². The van der Waals surface area contributed by atoms with Gasteiger partial charge in [0.1, 0.15) is 0 Å². The summed E-state index contributed by atoms with van der Waals surface area (Å²) >= 11 is 0. The Morgan fingerprint density at radius 2 is 1.87 bits per heavy atom. The maximum absolute atomic E-state index is 13.3. The lowest BCUT2D eigenvalue weighted by Crippen LogP contribution is -2.43. The fourth-order valence-electron chi connectivity index (χ4n) is 4.70. The lowest BCUT2D eigenvalue weighted by molar-refractivity contribution is -0.135. The number of anilines is 1. The highest BCUT2D eigenvalue weighted by Gasteiger charge is 2.36. The van der Waals surface area contributed by atoms with Crippen molar-refractivity contribution in [2.24, 2.45) is 0 Å². The summed E-state index contributed by atoms with van der Waals surface area (Å²) in [6, 6.07) is 7.51. The molecule has 1 fully saturated rings. The van der Waals surface area contributed by atoms with Gasteiger partial charge in [-0.15, -0.1) is 0 Å². The number of piperidine rings is 1. The standard InChI is InChI=1S/C23H29N5O3/c1-3-27(4-2)23(31)18-14-24-26-21(18)15-9-11-28(12-10-15)22(30)17-13-20(29)25-19-8-6-5-7-16(17)19/h5-8,14-15,17H,3-4,9-13H2,1-2H3,(H,24,26)(H,25,29)/t17-/m1/s1. The Balaban J connectivity index is 1.45. The van der Waals surface area contributed by atoms with Crippen LogP contribution in [0.2, 0.25) is 0 Å². The summed E-state index contributed by atoms with van der Waals surface area (Å²) < 4.78 is 0. The highest BCUT2D eigenvalue weighted by molar-refractivity contribution is 6.01. The molecule has 0 saturated carbocycles. The van der Waals surface area contributed by atoms with Gasteiger partial charge in [0.15, 0.2) is 0 Å². The van der Waals surface area contributed by atoms with Crippen LogP contribution in [0, 0.1) is 0 Å². The number of likely N-dealkylation sites (tertiary alicyclic amines) is 1. The first kappa shape index (κ1) is 21.1. The summed E-state index contributed by atoms with van der Waals surface area (Å²) in [4.78, 5) is 41.8. The molecule has 2 aliphatic heterocycles. The number of fused-ring (bicyclic) bond motifs is 1. The number of benzene rings is 1. The Bertz CT molecular complexity index is 973. The van der Waals surface area contributed by atoms with E-state index >= 15 is 0 Å². The molecular weight excluding hydrogens is 394 g/mol. The normalized spacial score (nSPS) is 19.0. The Labute approximate surface area is 182 Å². The number of amides is 3. The van der Waals surface area contributed by atoms with E-state index in [1.807, 2.05) is 43.0 Å². The molecule has 31 heavy (non-hydrogen) atoms. The second-order valence-electron chi connectivity index (χ2n) is 8.17. The van der Waals surface area contributed by atoms with Gasteiger partial charge in [-0.25, -0.2) is 0 Å². The van der Waals surface area contributed by atoms with Gasteiger partial charge in [0.2, 0.25) is 11.8 Å². The molecule has 0 aliphatic carbocycles. The number of rotatable bonds is 5. The average molecular weight is 424 g/mol. The molecule has 0 radical (unpaired) electrons. The molecule has 1 aromatic carbocycles. The monoisotopic (exact) mass is 423 g/mol. The number of nitrogens with one attached hydrogen (secondary N) is 2. The summed E-state index contributed by atoms with van der Waals surface area (Å²) in [5.74, 6) is -0.401. The molecule has 1 saturated heterocycles. The molecule has 3 amide bonds. The lowest BCUT2D eigenvalue weighted by Gasteiger charge is -2.35. The number of hydrogen-bond donors (Lipinski definition) is 2. The first-order chi connectivity index (χ1) is 15.0. The summed E-state index contributed by atoms with van der Waals surface area (Å²) in [5, 5.41) is 10.0. The topological polar surface area (TPSA) is 98.4 Å². The minimum absolute atomic E-state index is 0.00270. The predicted octanol–water partition coefficient (Wildman–Crippen LogP) is 2.72. The Morgan fingerprint density at radius 1 is 1.16 bits per heavy atom. The fourth-order valence-corrected chi connectivity index (χ4v) is 4.70. The second-order valence-corrected chi connectivity index (χ2v) is 8.17. The lowest BCUT2D eigenvalue weighted by atomic mass is 9.87. The van der Waals surface area contributed by atoms with Crippen LogP contribution < -0.4 is 5.32 Å². The van der Waals surface area contributed by atoms with Gasteiger partial charge in [-0.2, -0.15) is 5.10 Å². The van der Waals surface area contributed by atoms with Crippen LogP contribution in [-0.4, -0.2) is 63.9 Å². The Kier molecular flexibility index (Phi) is 6.06. The Hall–Kier alpha value is -3.16. The highest BCUT2D eigenvalue weighted by atomic mass is 16.2. The molecule has 0 unspecified atom stereocenters. The van der Waals surface area contributed by atoms with E-state index in [9.17, 15) is 14.4 Å². The van der Waals surface area contributed by atoms with E-state index in [1.165, 1.54) is 0 Å². The van der Waals surface area contributed by atoms with Crippen molar-refractivity contribution in [1.82, 2.24) is 20.0 Å². The highest BCUT2D eigenvalue weighted by Crippen LogP contribution is 2.35. The number of para-hydroxylation sites is 1. The van der Waals surface area contributed by atoms with Crippen molar-refractivity contribution in [2.75, 3.05) is 31.5 Å². The minimum Gasteiger partial charge on any atom is -0.342 e. The van der Waals surface area contributed by atoms with Gasteiger partial charge in [-0.1, -0.05) is 18.2 Å². The van der Waals surface area contributed by atoms with Crippen molar-refractivity contribution in [1.29, 1.82) is 0 Å². The van der Waals surface area contributed by atoms with Crippen LogP contribution in [0.3, 0.4) is 0 Å². The first-order valence-corrected chi connectivity index (χ1v) is 11.0. The third-order valence-corrected chi connectivity index (χ3v) is 6.46. The molecule has 2 aromatic rings. The van der Waals surface area contributed by atoms with Crippen LogP contribution >= 0.6 is 0 Å². The SMILES string of the molecule is CCN(CC)C(=O)c1cn[nH]c1C1CCN(C(=O)[C@@H]2CC(=O)Nc3ccccc32)CC1. The van der Waals surface area contributed by atoms with E-state index in [0.717, 1.165) is 29.8 Å². The molecule has 4 rings (SSSR count). The smallest absolute Gasteiger partial charge is 0.257 e. The number of hydrogen-bond acceptors (Lipinski definition) is 4. The molecule has 0 bridgehead atoms. The quantitative estimate of drug-likeness (QED) is 0.773. The van der Waals surface area contributed by atoms with Crippen LogP contribution in [0.5, 0.6) is 0 Å². The molecule has 1 aromatic heterocycles. The van der Waals surface area contributed by atoms with Crippen molar-refractivity contribution in [3.05, 3.63) is 47.3 Å². The van der Waals surface area contributed by atoms with Gasteiger partial charge < -0.3 is 15.1 Å². The van der Waals surface area contributed by atoms with Crippen LogP contribution in [-0.2, 0) is 9.59 Å². The third kappa shape index (κ3) is 4.06. The van der Waals surface area contributed by atoms with Crippen molar-refractivity contribution in [2.45, 2.75) is 44.9 Å². The first-order valence-electron chi connectivity index (χ1n) is 11.0. The van der Waals surface area contributed by atoms with E-state index in [0.29, 0.717) is 31.7 Å². The van der Waals surface area contributed by atoms with Gasteiger partial charge >= 0.3 is 0 Å². The summed E-state index contributed by atoms with van der Waals surface area (Å²) in [5.41, 5.74) is 3.11. The molecule has 0 spiro atoms. The van der Waals surface area contributed by atoms with Crippen LogP contribution in [0.25, 0.3) is 0 Å². The maximum atomic E-state index is 13.3. The number of nitrogens with zero attached hydrogens (tertiary/aromatic N) is 3. The van der Waals surface area contributed by atoms with Crippen molar-refractivity contribution in [3.63, 3.8) is 0 Å². The zero-order chi connectivity index (χ0) is 22.0. The number of H-pyrrole nitrogens is 1. The molecule has 1 atom stereocenters. The third-order valence-electron chi connectivity index (χ3n) is 6.46. The van der Waals surface area contributed by atoms with E-state index in [2.05, 4.69) is 15.5 Å². The number of aromatic amines is 1. The van der Waals surface area contributed by atoms with E-state index in [1.54, 1.807) is 11.1 Å². The summed E-state index contributed by atoms with van der Waals surface area (Å²) in [6.07, 6.45) is 3.31. The van der Waals surface area contributed by atoms with Gasteiger partial charge in [0, 0.05) is 44.2 Å². The largest absolute Gasteiger partial charge is 0.342 e. The van der Waals surface area contributed by atoms with E-state index in [-0.39, 0.29) is 30.1 Å². The molecular formula is C23H29N5O3. The Morgan fingerprint density at radius 3 is 2.58 bits per heavy atom. The summed E-state index contributed by atoms with van der Waals surface area (Å²) in [6.45, 7) is 6.44. The van der Waals surface area contributed by atoms with Crippen molar-refractivity contribution in [3.8, 4) is 0 Å². The second kappa shape index (κ2) is 8.91. The zero-order valence-corrected chi connectivity index (χ0v) is 18.1. The van der Waals surface area contributed by atoms with Gasteiger partial charge in [-0.3, -0.25) is 19.5 Å². The maximum Gasteiger partial charge on any atom is 0.257 e. The van der Waals surface area contributed by atoms with Crippen LogP contribution in [0.15, 0.2) is 30.5 Å². The molecule has 2 N–H and O–H groups in total. The van der Waals surface area contributed by atoms with E-state index in [4.69, 9.17) is 0 Å². The molecule has 164 valence electrons. The molecule has 8 nitrogen and oxygen atoms in total. The number of aromatic nitrogens is 2. The average Bonchev–Trinajstić information content (AvgIpc) is 3.29.